The Balaban J connectivity index is 1.59. The summed E-state index contributed by atoms with van der Waals surface area (Å²) < 4.78 is 40.1. The second kappa shape index (κ2) is 8.10. The molecule has 10 heteroatoms. The Morgan fingerprint density at radius 2 is 1.58 bits per heavy atom. The Labute approximate surface area is 186 Å². The molecule has 0 aromatic heterocycles. The molecule has 1 heterocycles. The van der Waals surface area contributed by atoms with Crippen LogP contribution in [-0.2, 0) is 19.7 Å². The van der Waals surface area contributed by atoms with Crippen molar-refractivity contribution in [2.45, 2.75) is 90.9 Å². The molecule has 0 aromatic carbocycles. The number of likely N-dealkylation sites (tertiary alicyclic amines) is 1. The summed E-state index contributed by atoms with van der Waals surface area (Å²) in [6, 6.07) is -0.179. The average Bonchev–Trinajstić information content (AvgIpc) is 2.39. The van der Waals surface area contributed by atoms with E-state index in [1.807, 2.05) is 20.8 Å². The maximum absolute atomic E-state index is 13.0. The normalized spacial score (nSPS) is 21.8. The van der Waals surface area contributed by atoms with Gasteiger partial charge in [0.1, 0.15) is 11.2 Å². The van der Waals surface area contributed by atoms with Crippen molar-refractivity contribution in [3.05, 3.63) is 0 Å². The molecule has 0 atom stereocenters. The van der Waals surface area contributed by atoms with Gasteiger partial charge in [0.15, 0.2) is 0 Å². The molecule has 1 aliphatic heterocycles. The first-order valence-electron chi connectivity index (χ1n) is 11.1. The second-order valence-corrected chi connectivity index (χ2v) is 13.0. The molecule has 0 aromatic rings. The maximum Gasteiger partial charge on any atom is 0.422 e. The van der Waals surface area contributed by atoms with Crippen LogP contribution in [0.5, 0.6) is 0 Å². The van der Waals surface area contributed by atoms with Crippen LogP contribution in [0.1, 0.15) is 73.6 Å². The molecular formula is C21H37N3O6S. The Kier molecular flexibility index (Phi) is 6.30. The van der Waals surface area contributed by atoms with Crippen LogP contribution in [0.4, 0.5) is 9.59 Å². The average molecular weight is 460 g/mol. The molecule has 2 aliphatic carbocycles. The maximum atomic E-state index is 13.0. The first kappa shape index (κ1) is 24.1. The lowest BCUT2D eigenvalue weighted by Gasteiger charge is -2.60. The highest BCUT2D eigenvalue weighted by atomic mass is 32.2. The van der Waals surface area contributed by atoms with Gasteiger partial charge in [-0.2, -0.15) is 12.7 Å². The van der Waals surface area contributed by atoms with E-state index < -0.39 is 27.5 Å². The van der Waals surface area contributed by atoms with Gasteiger partial charge in [0.05, 0.1) is 0 Å². The van der Waals surface area contributed by atoms with Crippen LogP contribution in [0.2, 0.25) is 0 Å². The van der Waals surface area contributed by atoms with Gasteiger partial charge >= 0.3 is 22.4 Å². The minimum absolute atomic E-state index is 0.0547. The number of ether oxygens (including phenoxy) is 2. The standard InChI is InChI=1S/C21H37N3O6S/c1-19(2,3)29-17(25)22-31(27,28)24(12-15-8-7-9-15)16-10-21(11-16)13-23(14-21)18(26)30-20(4,5)6/h15-16H,7-14H2,1-6H3,(H,22,25). The SMILES string of the molecule is CC(C)(C)OC(=O)NS(=O)(=O)N(CC1CCC1)C1CC2(C1)CN(C(=O)OC(C)(C)C)C2. The van der Waals surface area contributed by atoms with Gasteiger partial charge in [-0.1, -0.05) is 6.42 Å². The lowest BCUT2D eigenvalue weighted by atomic mass is 9.60. The zero-order valence-corrected chi connectivity index (χ0v) is 20.4. The number of hydrogen-bond donors (Lipinski definition) is 1. The van der Waals surface area contributed by atoms with Gasteiger partial charge < -0.3 is 14.4 Å². The van der Waals surface area contributed by atoms with E-state index in [2.05, 4.69) is 4.72 Å². The lowest BCUT2D eigenvalue weighted by molar-refractivity contribution is -0.0970. The molecular weight excluding hydrogens is 422 g/mol. The third kappa shape index (κ3) is 6.03. The van der Waals surface area contributed by atoms with Gasteiger partial charge in [0.2, 0.25) is 0 Å². The minimum Gasteiger partial charge on any atom is -0.444 e. The van der Waals surface area contributed by atoms with Crippen molar-refractivity contribution in [2.75, 3.05) is 19.6 Å². The molecule has 0 unspecified atom stereocenters. The number of carbonyl (C=O) groups excluding carboxylic acids is 2. The molecule has 3 aliphatic rings. The molecule has 31 heavy (non-hydrogen) atoms. The monoisotopic (exact) mass is 459 g/mol. The van der Waals surface area contributed by atoms with Crippen molar-refractivity contribution in [1.29, 1.82) is 0 Å². The molecule has 0 bridgehead atoms. The fourth-order valence-electron chi connectivity index (χ4n) is 4.46. The zero-order chi connectivity index (χ0) is 23.2. The van der Waals surface area contributed by atoms with Crippen LogP contribution in [0, 0.1) is 11.3 Å². The van der Waals surface area contributed by atoms with Crippen LogP contribution >= 0.6 is 0 Å². The number of amides is 2. The van der Waals surface area contributed by atoms with Gasteiger partial charge in [-0.25, -0.2) is 14.3 Å². The summed E-state index contributed by atoms with van der Waals surface area (Å²) in [5.74, 6) is 0.325. The first-order valence-corrected chi connectivity index (χ1v) is 12.5. The highest BCUT2D eigenvalue weighted by molar-refractivity contribution is 7.87. The quantitative estimate of drug-likeness (QED) is 0.677. The second-order valence-electron chi connectivity index (χ2n) is 11.4. The highest BCUT2D eigenvalue weighted by Gasteiger charge is 2.57. The molecule has 2 saturated carbocycles. The van der Waals surface area contributed by atoms with Crippen LogP contribution < -0.4 is 4.72 Å². The fourth-order valence-corrected chi connectivity index (χ4v) is 5.78. The molecule has 9 nitrogen and oxygen atoms in total. The van der Waals surface area contributed by atoms with Crippen molar-refractivity contribution in [3.8, 4) is 0 Å². The molecule has 1 spiro atoms. The predicted octanol–water partition coefficient (Wildman–Crippen LogP) is 3.26. The first-order chi connectivity index (χ1) is 14.1. The Bertz CT molecular complexity index is 796. The van der Waals surface area contributed by atoms with E-state index in [9.17, 15) is 18.0 Å². The number of hydrogen-bond acceptors (Lipinski definition) is 6. The Morgan fingerprint density at radius 3 is 2.03 bits per heavy atom. The number of nitrogens with zero attached hydrogens (tertiary/aromatic N) is 2. The third-order valence-electron chi connectivity index (χ3n) is 6.03. The number of rotatable bonds is 5. The Hall–Kier alpha value is -1.55. The van der Waals surface area contributed by atoms with Gasteiger partial charge in [0, 0.05) is 31.1 Å². The van der Waals surface area contributed by atoms with Crippen molar-refractivity contribution in [2.24, 2.45) is 11.3 Å². The lowest BCUT2D eigenvalue weighted by Crippen LogP contribution is -2.69. The van der Waals surface area contributed by atoms with Gasteiger partial charge in [-0.05, 0) is 73.1 Å². The van der Waals surface area contributed by atoms with E-state index in [-0.39, 0.29) is 17.6 Å². The highest BCUT2D eigenvalue weighted by Crippen LogP contribution is 2.51. The largest absolute Gasteiger partial charge is 0.444 e. The van der Waals surface area contributed by atoms with E-state index in [4.69, 9.17) is 9.47 Å². The van der Waals surface area contributed by atoms with E-state index in [0.717, 1.165) is 19.3 Å². The smallest absolute Gasteiger partial charge is 0.422 e. The molecule has 178 valence electrons. The summed E-state index contributed by atoms with van der Waals surface area (Å²) in [5, 5.41) is 0. The van der Waals surface area contributed by atoms with Crippen molar-refractivity contribution >= 4 is 22.4 Å². The minimum atomic E-state index is -4.01. The molecule has 3 fully saturated rings. The topological polar surface area (TPSA) is 105 Å². The summed E-state index contributed by atoms with van der Waals surface area (Å²) in [4.78, 5) is 26.0. The van der Waals surface area contributed by atoms with E-state index in [1.165, 1.54) is 4.31 Å². The summed E-state index contributed by atoms with van der Waals surface area (Å²) in [6.45, 7) is 12.1. The summed E-state index contributed by atoms with van der Waals surface area (Å²) in [7, 11) is -4.01. The molecule has 0 radical (unpaired) electrons. The Morgan fingerprint density at radius 1 is 1.03 bits per heavy atom. The molecule has 1 N–H and O–H groups in total. The van der Waals surface area contributed by atoms with Crippen LogP contribution in [0.25, 0.3) is 0 Å². The summed E-state index contributed by atoms with van der Waals surface area (Å²) >= 11 is 0. The summed E-state index contributed by atoms with van der Waals surface area (Å²) in [6.07, 6.45) is 3.18. The van der Waals surface area contributed by atoms with Gasteiger partial charge in [-0.3, -0.25) is 0 Å². The molecule has 1 saturated heterocycles. The molecule has 2 amide bonds. The zero-order valence-electron chi connectivity index (χ0n) is 19.6. The van der Waals surface area contributed by atoms with Crippen molar-refractivity contribution in [1.82, 2.24) is 13.9 Å². The van der Waals surface area contributed by atoms with Crippen LogP contribution in [0.15, 0.2) is 0 Å². The van der Waals surface area contributed by atoms with E-state index >= 15 is 0 Å². The van der Waals surface area contributed by atoms with Crippen molar-refractivity contribution < 1.29 is 27.5 Å². The summed E-state index contributed by atoms with van der Waals surface area (Å²) in [5.41, 5.74) is -1.38. The molecule has 3 rings (SSSR count). The van der Waals surface area contributed by atoms with Gasteiger partial charge in [0.25, 0.3) is 0 Å². The third-order valence-corrected chi connectivity index (χ3v) is 7.52. The number of nitrogens with one attached hydrogen (secondary N) is 1. The number of carbonyl (C=O) groups is 2. The van der Waals surface area contributed by atoms with Crippen molar-refractivity contribution in [3.63, 3.8) is 0 Å². The van der Waals surface area contributed by atoms with E-state index in [1.54, 1.807) is 25.7 Å². The van der Waals surface area contributed by atoms with Crippen LogP contribution in [0.3, 0.4) is 0 Å². The van der Waals surface area contributed by atoms with Gasteiger partial charge in [-0.15, -0.1) is 0 Å². The predicted molar refractivity (Wildman–Crippen MR) is 116 cm³/mol. The fraction of sp³-hybridized carbons (Fsp3) is 0.905. The van der Waals surface area contributed by atoms with E-state index in [0.29, 0.717) is 38.4 Å². The van der Waals surface area contributed by atoms with Crippen LogP contribution in [-0.4, -0.2) is 66.7 Å².